The van der Waals surface area contributed by atoms with Crippen molar-refractivity contribution in [2.75, 3.05) is 0 Å². The topological polar surface area (TPSA) is 36.2 Å². The van der Waals surface area contributed by atoms with Gasteiger partial charge in [0.15, 0.2) is 11.9 Å². The van der Waals surface area contributed by atoms with Gasteiger partial charge in [-0.15, -0.1) is 0 Å². The third-order valence-corrected chi connectivity index (χ3v) is 2.58. The summed E-state index contributed by atoms with van der Waals surface area (Å²) in [5.41, 5.74) is 1.52. The van der Waals surface area contributed by atoms with Crippen LogP contribution in [0.15, 0.2) is 42.6 Å². The zero-order valence-electron chi connectivity index (χ0n) is 9.31. The van der Waals surface area contributed by atoms with Gasteiger partial charge in [-0.2, -0.15) is 4.73 Å². The van der Waals surface area contributed by atoms with Crippen LogP contribution < -0.4 is 9.47 Å². The second-order valence-corrected chi connectivity index (χ2v) is 3.63. The van der Waals surface area contributed by atoms with Crippen molar-refractivity contribution in [3.63, 3.8) is 0 Å². The SMILES string of the molecule is Cc1c(Oc2ccccc2)cc[n+]([O-])c1C. The van der Waals surface area contributed by atoms with Crippen LogP contribution in [0.1, 0.15) is 11.3 Å². The molecule has 0 fully saturated rings. The summed E-state index contributed by atoms with van der Waals surface area (Å²) in [6.45, 7) is 3.65. The predicted octanol–water partition coefficient (Wildman–Crippen LogP) is 2.73. The highest BCUT2D eigenvalue weighted by Crippen LogP contribution is 2.24. The van der Waals surface area contributed by atoms with E-state index < -0.39 is 0 Å². The average Bonchev–Trinajstić information content (AvgIpc) is 2.31. The van der Waals surface area contributed by atoms with Crippen LogP contribution in [0.25, 0.3) is 0 Å². The highest BCUT2D eigenvalue weighted by molar-refractivity contribution is 5.36. The first-order chi connectivity index (χ1) is 7.68. The summed E-state index contributed by atoms with van der Waals surface area (Å²) in [5, 5.41) is 11.3. The molecule has 3 heteroatoms. The zero-order valence-corrected chi connectivity index (χ0v) is 9.31. The second-order valence-electron chi connectivity index (χ2n) is 3.63. The number of ether oxygens (including phenoxy) is 1. The molecule has 0 N–H and O–H groups in total. The lowest BCUT2D eigenvalue weighted by molar-refractivity contribution is -0.612. The molecule has 0 saturated carbocycles. The molecule has 0 amide bonds. The van der Waals surface area contributed by atoms with Gasteiger partial charge in [0.1, 0.15) is 11.5 Å². The molecule has 0 aliphatic carbocycles. The minimum atomic E-state index is 0.661. The Morgan fingerprint density at radius 3 is 2.44 bits per heavy atom. The van der Waals surface area contributed by atoms with Gasteiger partial charge in [-0.1, -0.05) is 18.2 Å². The lowest BCUT2D eigenvalue weighted by Gasteiger charge is -2.10. The van der Waals surface area contributed by atoms with Crippen LogP contribution in [0, 0.1) is 19.1 Å². The standard InChI is InChI=1S/C13H13NO2/c1-10-11(2)14(15)9-8-13(10)16-12-6-4-3-5-7-12/h3-9H,1-2H3. The summed E-state index contributed by atoms with van der Waals surface area (Å²) in [5.74, 6) is 1.49. The van der Waals surface area contributed by atoms with E-state index in [1.165, 1.54) is 6.20 Å². The van der Waals surface area contributed by atoms with Crippen LogP contribution in [0.5, 0.6) is 11.5 Å². The monoisotopic (exact) mass is 215 g/mol. The zero-order chi connectivity index (χ0) is 11.5. The van der Waals surface area contributed by atoms with Crippen molar-refractivity contribution in [2.24, 2.45) is 0 Å². The maximum absolute atomic E-state index is 11.3. The molecule has 1 heterocycles. The molecule has 0 spiro atoms. The summed E-state index contributed by atoms with van der Waals surface area (Å²) in [6.07, 6.45) is 1.46. The van der Waals surface area contributed by atoms with Crippen LogP contribution in [0.4, 0.5) is 0 Å². The smallest absolute Gasteiger partial charge is 0.196 e. The van der Waals surface area contributed by atoms with Crippen molar-refractivity contribution in [1.82, 2.24) is 0 Å². The van der Waals surface area contributed by atoms with Crippen molar-refractivity contribution < 1.29 is 9.47 Å². The fraction of sp³-hybridized carbons (Fsp3) is 0.154. The second kappa shape index (κ2) is 4.23. The Morgan fingerprint density at radius 2 is 1.75 bits per heavy atom. The van der Waals surface area contributed by atoms with E-state index in [0.717, 1.165) is 21.8 Å². The fourth-order valence-electron chi connectivity index (χ4n) is 1.44. The Hall–Kier alpha value is -2.03. The van der Waals surface area contributed by atoms with Gasteiger partial charge in [0, 0.05) is 13.0 Å². The van der Waals surface area contributed by atoms with E-state index in [1.807, 2.05) is 37.3 Å². The van der Waals surface area contributed by atoms with Crippen LogP contribution in [-0.4, -0.2) is 0 Å². The molecule has 16 heavy (non-hydrogen) atoms. The first-order valence-corrected chi connectivity index (χ1v) is 5.11. The van der Waals surface area contributed by atoms with Crippen LogP contribution in [0.2, 0.25) is 0 Å². The molecule has 0 aliphatic heterocycles. The molecule has 2 rings (SSSR count). The molecule has 0 bridgehead atoms. The average molecular weight is 215 g/mol. The van der Waals surface area contributed by atoms with Crippen molar-refractivity contribution in [1.29, 1.82) is 0 Å². The molecule has 82 valence electrons. The largest absolute Gasteiger partial charge is 0.618 e. The lowest BCUT2D eigenvalue weighted by atomic mass is 10.2. The number of para-hydroxylation sites is 1. The summed E-state index contributed by atoms with van der Waals surface area (Å²) in [6, 6.07) is 11.2. The van der Waals surface area contributed by atoms with Crippen molar-refractivity contribution >= 4 is 0 Å². The van der Waals surface area contributed by atoms with Crippen molar-refractivity contribution in [3.8, 4) is 11.5 Å². The molecule has 0 unspecified atom stereocenters. The molecule has 3 nitrogen and oxygen atoms in total. The van der Waals surface area contributed by atoms with Gasteiger partial charge >= 0.3 is 0 Å². The Morgan fingerprint density at radius 1 is 1.06 bits per heavy atom. The van der Waals surface area contributed by atoms with Crippen LogP contribution in [0.3, 0.4) is 0 Å². The normalized spacial score (nSPS) is 10.1. The van der Waals surface area contributed by atoms with Crippen molar-refractivity contribution in [3.05, 3.63) is 59.1 Å². The summed E-state index contributed by atoms with van der Waals surface area (Å²) in [4.78, 5) is 0. The Labute approximate surface area is 94.5 Å². The van der Waals surface area contributed by atoms with Gasteiger partial charge in [-0.3, -0.25) is 0 Å². The number of nitrogens with zero attached hydrogens (tertiary/aromatic N) is 1. The fourth-order valence-corrected chi connectivity index (χ4v) is 1.44. The molecule has 0 atom stereocenters. The number of rotatable bonds is 2. The summed E-state index contributed by atoms with van der Waals surface area (Å²) < 4.78 is 6.53. The molecule has 0 aliphatic rings. The Kier molecular flexibility index (Phi) is 2.77. The minimum Gasteiger partial charge on any atom is -0.618 e. The molecule has 1 aromatic carbocycles. The van der Waals surface area contributed by atoms with Crippen LogP contribution >= 0.6 is 0 Å². The van der Waals surface area contributed by atoms with Crippen molar-refractivity contribution in [2.45, 2.75) is 13.8 Å². The third-order valence-electron chi connectivity index (χ3n) is 2.58. The summed E-state index contributed by atoms with van der Waals surface area (Å²) in [7, 11) is 0. The van der Waals surface area contributed by atoms with Gasteiger partial charge in [-0.25, -0.2) is 0 Å². The highest BCUT2D eigenvalue weighted by atomic mass is 16.5. The third kappa shape index (κ3) is 1.98. The predicted molar refractivity (Wildman–Crippen MR) is 61.4 cm³/mol. The van der Waals surface area contributed by atoms with E-state index >= 15 is 0 Å². The Bertz CT molecular complexity index is 495. The van der Waals surface area contributed by atoms with Gasteiger partial charge in [0.2, 0.25) is 0 Å². The summed E-state index contributed by atoms with van der Waals surface area (Å²) >= 11 is 0. The molecule has 0 saturated heterocycles. The minimum absolute atomic E-state index is 0.661. The number of pyridine rings is 1. The van der Waals surface area contributed by atoms with Gasteiger partial charge in [-0.05, 0) is 19.1 Å². The number of benzene rings is 1. The van der Waals surface area contributed by atoms with Gasteiger partial charge < -0.3 is 9.94 Å². The van der Waals surface area contributed by atoms with E-state index in [-0.39, 0.29) is 0 Å². The van der Waals surface area contributed by atoms with E-state index in [4.69, 9.17) is 4.74 Å². The quantitative estimate of drug-likeness (QED) is 0.570. The van der Waals surface area contributed by atoms with E-state index in [9.17, 15) is 5.21 Å². The highest BCUT2D eigenvalue weighted by Gasteiger charge is 2.10. The lowest BCUT2D eigenvalue weighted by Crippen LogP contribution is -2.30. The molecule has 0 radical (unpaired) electrons. The van der Waals surface area contributed by atoms with Gasteiger partial charge in [0.25, 0.3) is 0 Å². The van der Waals surface area contributed by atoms with E-state index in [0.29, 0.717) is 5.69 Å². The molecular weight excluding hydrogens is 202 g/mol. The van der Waals surface area contributed by atoms with Crippen LogP contribution in [-0.2, 0) is 0 Å². The maximum Gasteiger partial charge on any atom is 0.196 e. The first-order valence-electron chi connectivity index (χ1n) is 5.11. The van der Waals surface area contributed by atoms with Gasteiger partial charge in [0.05, 0.1) is 5.56 Å². The number of hydrogen-bond acceptors (Lipinski definition) is 2. The Balaban J connectivity index is 2.33. The first kappa shape index (κ1) is 10.5. The van der Waals surface area contributed by atoms with E-state index in [1.54, 1.807) is 13.0 Å². The number of aromatic nitrogens is 1. The maximum atomic E-state index is 11.3. The molecule has 2 aromatic rings. The van der Waals surface area contributed by atoms with E-state index in [2.05, 4.69) is 0 Å². The molecule has 1 aromatic heterocycles. The number of hydrogen-bond donors (Lipinski definition) is 0. The molecular formula is C13H13NO2.